The second-order valence-corrected chi connectivity index (χ2v) is 7.95. The van der Waals surface area contributed by atoms with Crippen molar-refractivity contribution in [3.05, 3.63) is 34.9 Å². The van der Waals surface area contributed by atoms with Gasteiger partial charge in [0.1, 0.15) is 0 Å². The predicted octanol–water partition coefficient (Wildman–Crippen LogP) is 2.97. The van der Waals surface area contributed by atoms with Gasteiger partial charge in [-0.25, -0.2) is 0 Å². The number of benzene rings is 1. The van der Waals surface area contributed by atoms with Crippen LogP contribution in [0.2, 0.25) is 0 Å². The SMILES string of the molecule is C[C@H](NC(=O)CSc1nnc(N)s1)c1ccc2c(c1)CCCC2. The van der Waals surface area contributed by atoms with Gasteiger partial charge < -0.3 is 11.1 Å². The largest absolute Gasteiger partial charge is 0.374 e. The molecule has 1 heterocycles. The normalized spacial score (nSPS) is 15.0. The Labute approximate surface area is 144 Å². The fourth-order valence-corrected chi connectivity index (χ4v) is 4.24. The van der Waals surface area contributed by atoms with E-state index in [0.717, 1.165) is 10.8 Å². The first-order valence-electron chi connectivity index (χ1n) is 7.74. The summed E-state index contributed by atoms with van der Waals surface area (Å²) in [6.07, 6.45) is 4.88. The van der Waals surface area contributed by atoms with E-state index in [4.69, 9.17) is 5.73 Å². The van der Waals surface area contributed by atoms with Crippen molar-refractivity contribution in [2.75, 3.05) is 11.5 Å². The van der Waals surface area contributed by atoms with Gasteiger partial charge in [0, 0.05) is 0 Å². The van der Waals surface area contributed by atoms with Gasteiger partial charge in [0.25, 0.3) is 0 Å². The molecular weight excluding hydrogens is 328 g/mol. The van der Waals surface area contributed by atoms with Crippen molar-refractivity contribution in [1.29, 1.82) is 0 Å². The first kappa shape index (κ1) is 16.3. The van der Waals surface area contributed by atoms with Crippen molar-refractivity contribution in [3.63, 3.8) is 0 Å². The molecule has 5 nitrogen and oxygen atoms in total. The third kappa shape index (κ3) is 4.23. The quantitative estimate of drug-likeness (QED) is 0.812. The number of carbonyl (C=O) groups is 1. The smallest absolute Gasteiger partial charge is 0.230 e. The molecule has 0 fully saturated rings. The van der Waals surface area contributed by atoms with Crippen molar-refractivity contribution in [3.8, 4) is 0 Å². The van der Waals surface area contributed by atoms with Crippen molar-refractivity contribution >= 4 is 34.1 Å². The Kier molecular flexibility index (Phi) is 5.17. The van der Waals surface area contributed by atoms with E-state index >= 15 is 0 Å². The van der Waals surface area contributed by atoms with Gasteiger partial charge in [-0.15, -0.1) is 10.2 Å². The van der Waals surface area contributed by atoms with Crippen LogP contribution in [0.4, 0.5) is 5.13 Å². The zero-order valence-corrected chi connectivity index (χ0v) is 14.7. The second-order valence-electron chi connectivity index (χ2n) is 5.72. The maximum Gasteiger partial charge on any atom is 0.230 e. The van der Waals surface area contributed by atoms with Crippen LogP contribution in [0.3, 0.4) is 0 Å². The highest BCUT2D eigenvalue weighted by Crippen LogP contribution is 2.26. The molecule has 1 amide bonds. The van der Waals surface area contributed by atoms with Crippen molar-refractivity contribution in [1.82, 2.24) is 15.5 Å². The minimum absolute atomic E-state index is 0.00556. The number of nitrogens with one attached hydrogen (secondary N) is 1. The monoisotopic (exact) mass is 348 g/mol. The number of amides is 1. The minimum atomic E-state index is -0.00556. The molecule has 0 saturated carbocycles. The van der Waals surface area contributed by atoms with E-state index < -0.39 is 0 Å². The Morgan fingerprint density at radius 1 is 1.35 bits per heavy atom. The number of fused-ring (bicyclic) bond motifs is 1. The topological polar surface area (TPSA) is 80.9 Å². The van der Waals surface area contributed by atoms with Crippen LogP contribution in [0.25, 0.3) is 0 Å². The number of rotatable bonds is 5. The molecule has 7 heteroatoms. The molecule has 3 N–H and O–H groups in total. The van der Waals surface area contributed by atoms with E-state index in [9.17, 15) is 4.79 Å². The summed E-state index contributed by atoms with van der Waals surface area (Å²) >= 11 is 2.66. The summed E-state index contributed by atoms with van der Waals surface area (Å²) in [5.74, 6) is 0.318. The maximum atomic E-state index is 12.1. The summed E-state index contributed by atoms with van der Waals surface area (Å²) in [7, 11) is 0. The van der Waals surface area contributed by atoms with Gasteiger partial charge in [-0.3, -0.25) is 4.79 Å². The van der Waals surface area contributed by atoms with Crippen molar-refractivity contribution in [2.24, 2.45) is 0 Å². The third-order valence-corrected chi connectivity index (χ3v) is 5.88. The fraction of sp³-hybridized carbons (Fsp3) is 0.438. The zero-order chi connectivity index (χ0) is 16.2. The summed E-state index contributed by atoms with van der Waals surface area (Å²) in [4.78, 5) is 12.1. The zero-order valence-electron chi connectivity index (χ0n) is 13.0. The lowest BCUT2D eigenvalue weighted by Crippen LogP contribution is -2.28. The van der Waals surface area contributed by atoms with Gasteiger partial charge in [-0.2, -0.15) is 0 Å². The molecule has 1 aromatic heterocycles. The van der Waals surface area contributed by atoms with Crippen LogP contribution >= 0.6 is 23.1 Å². The molecule has 122 valence electrons. The van der Waals surface area contributed by atoms with Crippen LogP contribution in [-0.2, 0) is 17.6 Å². The number of aromatic nitrogens is 2. The Hall–Kier alpha value is -1.60. The molecule has 1 atom stereocenters. The molecule has 0 unspecified atom stereocenters. The molecule has 1 aliphatic rings. The Morgan fingerprint density at radius 2 is 2.13 bits per heavy atom. The Balaban J connectivity index is 1.55. The first-order valence-corrected chi connectivity index (χ1v) is 9.55. The number of nitrogen functional groups attached to an aromatic ring is 1. The highest BCUT2D eigenvalue weighted by Gasteiger charge is 2.14. The van der Waals surface area contributed by atoms with Gasteiger partial charge in [0.2, 0.25) is 11.0 Å². The van der Waals surface area contributed by atoms with Gasteiger partial charge in [-0.1, -0.05) is 41.3 Å². The second kappa shape index (κ2) is 7.31. The van der Waals surface area contributed by atoms with Gasteiger partial charge in [-0.05, 0) is 49.3 Å². The molecule has 1 aromatic carbocycles. The molecular formula is C16H20N4OS2. The minimum Gasteiger partial charge on any atom is -0.374 e. The molecule has 0 bridgehead atoms. The van der Waals surface area contributed by atoms with Crippen molar-refractivity contribution in [2.45, 2.75) is 43.0 Å². The number of hydrogen-bond acceptors (Lipinski definition) is 6. The molecule has 0 spiro atoms. The summed E-state index contributed by atoms with van der Waals surface area (Å²) in [6, 6.07) is 6.60. The first-order chi connectivity index (χ1) is 11.1. The maximum absolute atomic E-state index is 12.1. The highest BCUT2D eigenvalue weighted by molar-refractivity contribution is 8.01. The Morgan fingerprint density at radius 3 is 2.87 bits per heavy atom. The van der Waals surface area contributed by atoms with E-state index in [1.165, 1.54) is 59.1 Å². The Bertz CT molecular complexity index is 701. The number of thioether (sulfide) groups is 1. The average molecular weight is 348 g/mol. The number of nitrogens with two attached hydrogens (primary N) is 1. The van der Waals surface area contributed by atoms with Gasteiger partial charge >= 0.3 is 0 Å². The van der Waals surface area contributed by atoms with E-state index in [1.807, 2.05) is 6.92 Å². The average Bonchev–Trinajstić information content (AvgIpc) is 2.98. The summed E-state index contributed by atoms with van der Waals surface area (Å²) in [6.45, 7) is 2.02. The number of carbonyl (C=O) groups excluding carboxylic acids is 1. The molecule has 3 rings (SSSR count). The van der Waals surface area contributed by atoms with Crippen LogP contribution < -0.4 is 11.1 Å². The predicted molar refractivity (Wildman–Crippen MR) is 94.7 cm³/mol. The molecule has 0 radical (unpaired) electrons. The van der Waals surface area contributed by atoms with E-state index in [2.05, 4.69) is 33.7 Å². The standard InChI is InChI=1S/C16H20N4OS2/c1-10(12-7-6-11-4-2-3-5-13(11)8-12)18-14(21)9-22-16-20-19-15(17)23-16/h6-8,10H,2-5,9H2,1H3,(H2,17,19)(H,18,21)/t10-/m0/s1. The molecule has 2 aromatic rings. The van der Waals surface area contributed by atoms with Crippen LogP contribution in [-0.4, -0.2) is 21.9 Å². The van der Waals surface area contributed by atoms with Crippen LogP contribution in [0, 0.1) is 0 Å². The molecule has 0 aliphatic heterocycles. The number of hydrogen-bond donors (Lipinski definition) is 2. The number of nitrogens with zero attached hydrogens (tertiary/aromatic N) is 2. The third-order valence-electron chi connectivity index (χ3n) is 4.00. The lowest BCUT2D eigenvalue weighted by atomic mass is 9.89. The van der Waals surface area contributed by atoms with Gasteiger partial charge in [0.15, 0.2) is 4.34 Å². The molecule has 1 aliphatic carbocycles. The highest BCUT2D eigenvalue weighted by atomic mass is 32.2. The number of anilines is 1. The van der Waals surface area contributed by atoms with Crippen molar-refractivity contribution < 1.29 is 4.79 Å². The lowest BCUT2D eigenvalue weighted by molar-refractivity contribution is -0.119. The van der Waals surface area contributed by atoms with Crippen LogP contribution in [0.15, 0.2) is 22.5 Å². The summed E-state index contributed by atoms with van der Waals surface area (Å²) in [5, 5.41) is 11.1. The number of aryl methyl sites for hydroxylation is 2. The lowest BCUT2D eigenvalue weighted by Gasteiger charge is -2.20. The molecule has 0 saturated heterocycles. The molecule has 23 heavy (non-hydrogen) atoms. The van der Waals surface area contributed by atoms with Crippen LogP contribution in [0.5, 0.6) is 0 Å². The van der Waals surface area contributed by atoms with E-state index in [0.29, 0.717) is 10.9 Å². The van der Waals surface area contributed by atoms with E-state index in [-0.39, 0.29) is 11.9 Å². The van der Waals surface area contributed by atoms with E-state index in [1.54, 1.807) is 0 Å². The summed E-state index contributed by atoms with van der Waals surface area (Å²) < 4.78 is 0.721. The van der Waals surface area contributed by atoms with Gasteiger partial charge in [0.05, 0.1) is 11.8 Å². The van der Waals surface area contributed by atoms with Crippen LogP contribution in [0.1, 0.15) is 42.5 Å². The summed E-state index contributed by atoms with van der Waals surface area (Å²) in [5.41, 5.74) is 9.60. The fourth-order valence-electron chi connectivity index (χ4n) is 2.80.